The molecule has 0 spiro atoms. The predicted octanol–water partition coefficient (Wildman–Crippen LogP) is 2.15. The van der Waals surface area contributed by atoms with E-state index in [0.717, 1.165) is 46.3 Å². The van der Waals surface area contributed by atoms with Gasteiger partial charge in [0.25, 0.3) is 0 Å². The molecule has 1 saturated heterocycles. The van der Waals surface area contributed by atoms with E-state index in [1.165, 1.54) is 0 Å². The van der Waals surface area contributed by atoms with Gasteiger partial charge in [-0.1, -0.05) is 0 Å². The van der Waals surface area contributed by atoms with Gasteiger partial charge in [0.15, 0.2) is 5.82 Å². The predicted molar refractivity (Wildman–Crippen MR) is 113 cm³/mol. The molecule has 0 radical (unpaired) electrons. The van der Waals surface area contributed by atoms with Crippen LogP contribution in [-0.4, -0.2) is 56.9 Å². The molecule has 1 aromatic carbocycles. The maximum atomic E-state index is 11.2. The number of rotatable bonds is 4. The number of morpholine rings is 1. The number of hydrogen-bond donors (Lipinski definition) is 2. The summed E-state index contributed by atoms with van der Waals surface area (Å²) in [6.07, 6.45) is 3.44. The minimum Gasteiger partial charge on any atom is -0.480 e. The van der Waals surface area contributed by atoms with Crippen molar-refractivity contribution >= 4 is 39.4 Å². The van der Waals surface area contributed by atoms with Crippen molar-refractivity contribution in [3.05, 3.63) is 42.7 Å². The minimum atomic E-state index is -0.891. The Morgan fingerprint density at radius 1 is 1.10 bits per heavy atom. The first-order chi connectivity index (χ1) is 14.6. The maximum Gasteiger partial charge on any atom is 0.323 e. The van der Waals surface area contributed by atoms with Crippen LogP contribution in [0.1, 0.15) is 0 Å². The molecule has 0 bridgehead atoms. The molecule has 0 unspecified atom stereocenters. The molecule has 9 heteroatoms. The lowest BCUT2D eigenvalue weighted by atomic mass is 10.1. The summed E-state index contributed by atoms with van der Waals surface area (Å²) in [7, 11) is 0. The fourth-order valence-electron chi connectivity index (χ4n) is 3.82. The zero-order valence-electron chi connectivity index (χ0n) is 16.2. The van der Waals surface area contributed by atoms with Crippen molar-refractivity contribution in [2.75, 3.05) is 36.9 Å². The van der Waals surface area contributed by atoms with Crippen LogP contribution in [0.4, 0.5) is 11.6 Å². The van der Waals surface area contributed by atoms with Crippen molar-refractivity contribution in [3.63, 3.8) is 0 Å². The molecule has 3 N–H and O–H groups in total. The maximum absolute atomic E-state index is 11.2. The number of carboxylic acids is 1. The van der Waals surface area contributed by atoms with Crippen molar-refractivity contribution in [2.24, 2.45) is 0 Å². The Kier molecular flexibility index (Phi) is 4.44. The molecular formula is C21H20N6O3. The number of carbonyl (C=O) groups is 1. The molecule has 1 aliphatic rings. The lowest BCUT2D eigenvalue weighted by Crippen LogP contribution is -2.37. The molecule has 30 heavy (non-hydrogen) atoms. The SMILES string of the molecule is Nc1ccc(-c2nc(N3CCOCC3)c3ccc4c(ccn4CC(=O)O)c3n2)cn1. The number of hydrogen-bond acceptors (Lipinski definition) is 7. The van der Waals surface area contributed by atoms with E-state index in [1.54, 1.807) is 23.0 Å². The van der Waals surface area contributed by atoms with Gasteiger partial charge in [-0.3, -0.25) is 4.79 Å². The highest BCUT2D eigenvalue weighted by molar-refractivity contribution is 6.08. The fourth-order valence-corrected chi connectivity index (χ4v) is 3.82. The molecular weight excluding hydrogens is 384 g/mol. The van der Waals surface area contributed by atoms with Crippen molar-refractivity contribution < 1.29 is 14.6 Å². The summed E-state index contributed by atoms with van der Waals surface area (Å²) in [4.78, 5) is 27.3. The van der Waals surface area contributed by atoms with Gasteiger partial charge in [-0.25, -0.2) is 15.0 Å². The van der Waals surface area contributed by atoms with Crippen LogP contribution in [-0.2, 0) is 16.1 Å². The largest absolute Gasteiger partial charge is 0.480 e. The average molecular weight is 404 g/mol. The van der Waals surface area contributed by atoms with Gasteiger partial charge in [-0.2, -0.15) is 0 Å². The molecule has 0 saturated carbocycles. The normalized spacial score (nSPS) is 14.5. The smallest absolute Gasteiger partial charge is 0.323 e. The summed E-state index contributed by atoms with van der Waals surface area (Å²) in [5.74, 6) is 0.928. The lowest BCUT2D eigenvalue weighted by Gasteiger charge is -2.29. The highest BCUT2D eigenvalue weighted by Gasteiger charge is 2.20. The third-order valence-corrected chi connectivity index (χ3v) is 5.26. The highest BCUT2D eigenvalue weighted by Crippen LogP contribution is 2.33. The van der Waals surface area contributed by atoms with Crippen LogP contribution >= 0.6 is 0 Å². The number of anilines is 2. The van der Waals surface area contributed by atoms with E-state index in [2.05, 4.69) is 9.88 Å². The van der Waals surface area contributed by atoms with Crippen LogP contribution in [0.5, 0.6) is 0 Å². The Morgan fingerprint density at radius 3 is 2.67 bits per heavy atom. The van der Waals surface area contributed by atoms with Crippen molar-refractivity contribution in [1.29, 1.82) is 0 Å². The molecule has 4 aromatic rings. The number of nitrogens with two attached hydrogens (primary N) is 1. The fraction of sp³-hybridized carbons (Fsp3) is 0.238. The van der Waals surface area contributed by atoms with Crippen LogP contribution < -0.4 is 10.6 Å². The van der Waals surface area contributed by atoms with Crippen molar-refractivity contribution in [3.8, 4) is 11.4 Å². The number of carboxylic acid groups (broad SMARTS) is 1. The first kappa shape index (κ1) is 18.3. The quantitative estimate of drug-likeness (QED) is 0.531. The van der Waals surface area contributed by atoms with E-state index in [9.17, 15) is 9.90 Å². The first-order valence-electron chi connectivity index (χ1n) is 9.66. The molecule has 0 amide bonds. The second-order valence-corrected chi connectivity index (χ2v) is 7.17. The molecule has 9 nitrogen and oxygen atoms in total. The molecule has 1 aliphatic heterocycles. The van der Waals surface area contributed by atoms with Crippen LogP contribution in [0.25, 0.3) is 33.2 Å². The number of benzene rings is 1. The summed E-state index contributed by atoms with van der Waals surface area (Å²) < 4.78 is 7.21. The van der Waals surface area contributed by atoms with Gasteiger partial charge in [0, 0.05) is 41.8 Å². The number of aromatic nitrogens is 4. The topological polar surface area (TPSA) is 119 Å². The molecule has 5 rings (SSSR count). The third-order valence-electron chi connectivity index (χ3n) is 5.26. The number of nitrogen functional groups attached to an aromatic ring is 1. The van der Waals surface area contributed by atoms with Crippen LogP contribution in [0.3, 0.4) is 0 Å². The lowest BCUT2D eigenvalue weighted by molar-refractivity contribution is -0.137. The van der Waals surface area contributed by atoms with E-state index in [1.807, 2.05) is 24.3 Å². The van der Waals surface area contributed by atoms with Crippen LogP contribution in [0.15, 0.2) is 42.7 Å². The van der Waals surface area contributed by atoms with Crippen molar-refractivity contribution in [1.82, 2.24) is 19.5 Å². The van der Waals surface area contributed by atoms with Gasteiger partial charge in [-0.15, -0.1) is 0 Å². The summed E-state index contributed by atoms with van der Waals surface area (Å²) >= 11 is 0. The second-order valence-electron chi connectivity index (χ2n) is 7.17. The Balaban J connectivity index is 1.75. The van der Waals surface area contributed by atoms with Gasteiger partial charge in [0.05, 0.1) is 24.2 Å². The van der Waals surface area contributed by atoms with Gasteiger partial charge < -0.3 is 25.0 Å². The van der Waals surface area contributed by atoms with E-state index in [4.69, 9.17) is 20.4 Å². The average Bonchev–Trinajstić information content (AvgIpc) is 3.16. The summed E-state index contributed by atoms with van der Waals surface area (Å²) in [5.41, 5.74) is 8.10. The van der Waals surface area contributed by atoms with Gasteiger partial charge in [-0.05, 0) is 30.3 Å². The third kappa shape index (κ3) is 3.18. The number of nitrogens with zero attached hydrogens (tertiary/aromatic N) is 5. The Labute approximate surface area is 171 Å². The zero-order valence-corrected chi connectivity index (χ0v) is 16.2. The zero-order chi connectivity index (χ0) is 20.7. The molecule has 1 fully saturated rings. The van der Waals surface area contributed by atoms with E-state index in [0.29, 0.717) is 24.9 Å². The number of fused-ring (bicyclic) bond motifs is 3. The monoisotopic (exact) mass is 404 g/mol. The summed E-state index contributed by atoms with van der Waals surface area (Å²) in [6.45, 7) is 2.65. The van der Waals surface area contributed by atoms with Crippen LogP contribution in [0.2, 0.25) is 0 Å². The van der Waals surface area contributed by atoms with Gasteiger partial charge in [0.2, 0.25) is 0 Å². The Hall–Kier alpha value is -3.72. The van der Waals surface area contributed by atoms with Gasteiger partial charge >= 0.3 is 5.97 Å². The molecule has 4 heterocycles. The number of ether oxygens (including phenoxy) is 1. The van der Waals surface area contributed by atoms with E-state index < -0.39 is 5.97 Å². The van der Waals surface area contributed by atoms with E-state index in [-0.39, 0.29) is 6.54 Å². The minimum absolute atomic E-state index is 0.106. The number of pyridine rings is 1. The Morgan fingerprint density at radius 2 is 1.93 bits per heavy atom. The molecule has 0 aliphatic carbocycles. The van der Waals surface area contributed by atoms with Crippen molar-refractivity contribution in [2.45, 2.75) is 6.54 Å². The van der Waals surface area contributed by atoms with Gasteiger partial charge in [0.1, 0.15) is 18.2 Å². The highest BCUT2D eigenvalue weighted by atomic mass is 16.5. The van der Waals surface area contributed by atoms with E-state index >= 15 is 0 Å². The molecule has 0 atom stereocenters. The standard InChI is InChI=1S/C21H20N6O3/c22-17-4-1-13(11-23-17)20-24-19-14-5-6-27(12-18(28)29)16(14)3-2-15(19)21(25-20)26-7-9-30-10-8-26/h1-6,11H,7-10,12H2,(H2,22,23)(H,28,29). The number of aliphatic carboxylic acids is 1. The Bertz CT molecular complexity index is 1250. The molecule has 152 valence electrons. The first-order valence-corrected chi connectivity index (χ1v) is 9.66. The van der Waals surface area contributed by atoms with Crippen LogP contribution in [0, 0.1) is 0 Å². The second kappa shape index (κ2) is 7.27. The molecule has 3 aromatic heterocycles. The summed E-state index contributed by atoms with van der Waals surface area (Å²) in [5, 5.41) is 11.0. The summed E-state index contributed by atoms with van der Waals surface area (Å²) in [6, 6.07) is 9.37.